The average molecular weight is 248 g/mol. The first-order valence-electron chi connectivity index (χ1n) is 5.64. The molecule has 0 radical (unpaired) electrons. The largest absolute Gasteiger partial charge is 0.391 e. The minimum atomic E-state index is -4.10. The third-order valence-corrected chi connectivity index (χ3v) is 3.15. The zero-order valence-electron chi connectivity index (χ0n) is 9.39. The van der Waals surface area contributed by atoms with Crippen molar-refractivity contribution in [3.8, 4) is 6.07 Å². The number of alkyl halides is 3. The standard InChI is InChI=1S/C11H15F3N2O/c12-11(13,14)9-3-1-8(2-4-9)7-10(17)16-6-5-15/h8-9H,1-4,6-7H2,(H,16,17). The minimum absolute atomic E-state index is 0.0206. The molecule has 1 aliphatic carbocycles. The Balaban J connectivity index is 2.28. The van der Waals surface area contributed by atoms with E-state index in [1.807, 2.05) is 0 Å². The van der Waals surface area contributed by atoms with Crippen LogP contribution < -0.4 is 5.32 Å². The van der Waals surface area contributed by atoms with Crippen LogP contribution in [0.4, 0.5) is 13.2 Å². The highest BCUT2D eigenvalue weighted by molar-refractivity contribution is 5.76. The summed E-state index contributed by atoms with van der Waals surface area (Å²) in [5, 5.41) is 10.7. The van der Waals surface area contributed by atoms with Crippen LogP contribution in [0.3, 0.4) is 0 Å². The number of rotatable bonds is 3. The Kier molecular flexibility index (Phi) is 4.79. The highest BCUT2D eigenvalue weighted by Crippen LogP contribution is 2.40. The zero-order chi connectivity index (χ0) is 12.9. The van der Waals surface area contributed by atoms with E-state index in [1.54, 1.807) is 6.07 Å². The second-order valence-electron chi connectivity index (χ2n) is 4.40. The number of nitrogens with one attached hydrogen (secondary N) is 1. The number of hydrogen-bond acceptors (Lipinski definition) is 2. The van der Waals surface area contributed by atoms with Crippen molar-refractivity contribution in [1.82, 2.24) is 5.32 Å². The van der Waals surface area contributed by atoms with Gasteiger partial charge in [0, 0.05) is 6.42 Å². The molecule has 1 amide bonds. The van der Waals surface area contributed by atoms with Gasteiger partial charge in [-0.2, -0.15) is 18.4 Å². The van der Waals surface area contributed by atoms with Gasteiger partial charge in [-0.15, -0.1) is 0 Å². The highest BCUT2D eigenvalue weighted by Gasteiger charge is 2.41. The number of carbonyl (C=O) groups excluding carboxylic acids is 1. The van der Waals surface area contributed by atoms with Crippen LogP contribution in [-0.2, 0) is 4.79 Å². The molecule has 0 aromatic heterocycles. The Labute approximate surface area is 98.0 Å². The molecule has 3 nitrogen and oxygen atoms in total. The number of nitriles is 1. The molecule has 0 unspecified atom stereocenters. The van der Waals surface area contributed by atoms with E-state index >= 15 is 0 Å². The van der Waals surface area contributed by atoms with Gasteiger partial charge in [0.2, 0.25) is 5.91 Å². The third-order valence-electron chi connectivity index (χ3n) is 3.15. The predicted octanol–water partition coefficient (Wildman–Crippen LogP) is 2.38. The fraction of sp³-hybridized carbons (Fsp3) is 0.818. The van der Waals surface area contributed by atoms with Gasteiger partial charge in [0.1, 0.15) is 6.54 Å². The summed E-state index contributed by atoms with van der Waals surface area (Å²) in [7, 11) is 0. The van der Waals surface area contributed by atoms with E-state index in [1.165, 1.54) is 0 Å². The maximum atomic E-state index is 12.4. The molecule has 0 heterocycles. The monoisotopic (exact) mass is 248 g/mol. The lowest BCUT2D eigenvalue weighted by Crippen LogP contribution is -2.31. The van der Waals surface area contributed by atoms with Gasteiger partial charge in [0.15, 0.2) is 0 Å². The molecule has 1 N–H and O–H groups in total. The summed E-state index contributed by atoms with van der Waals surface area (Å²) in [6.07, 6.45) is -2.78. The first-order valence-corrected chi connectivity index (χ1v) is 5.64. The number of nitrogens with zero attached hydrogens (tertiary/aromatic N) is 1. The minimum Gasteiger partial charge on any atom is -0.343 e. The first-order chi connectivity index (χ1) is 7.93. The van der Waals surface area contributed by atoms with E-state index in [9.17, 15) is 18.0 Å². The van der Waals surface area contributed by atoms with Crippen molar-refractivity contribution in [2.45, 2.75) is 38.3 Å². The van der Waals surface area contributed by atoms with Crippen molar-refractivity contribution >= 4 is 5.91 Å². The molecule has 0 aliphatic heterocycles. The van der Waals surface area contributed by atoms with Gasteiger partial charge >= 0.3 is 6.18 Å². The SMILES string of the molecule is N#CCNC(=O)CC1CCC(C(F)(F)F)CC1. The van der Waals surface area contributed by atoms with Crippen molar-refractivity contribution < 1.29 is 18.0 Å². The van der Waals surface area contributed by atoms with Gasteiger partial charge in [-0.05, 0) is 31.6 Å². The first kappa shape index (κ1) is 13.8. The molecular weight excluding hydrogens is 233 g/mol. The lowest BCUT2D eigenvalue weighted by molar-refractivity contribution is -0.184. The smallest absolute Gasteiger partial charge is 0.343 e. The van der Waals surface area contributed by atoms with Gasteiger partial charge in [-0.3, -0.25) is 4.79 Å². The van der Waals surface area contributed by atoms with Crippen LogP contribution in [0.15, 0.2) is 0 Å². The Morgan fingerprint density at radius 1 is 1.29 bits per heavy atom. The van der Waals surface area contributed by atoms with Crippen molar-refractivity contribution in [3.63, 3.8) is 0 Å². The Hall–Kier alpha value is -1.25. The van der Waals surface area contributed by atoms with Gasteiger partial charge in [-0.1, -0.05) is 0 Å². The topological polar surface area (TPSA) is 52.9 Å². The van der Waals surface area contributed by atoms with Gasteiger partial charge in [0.25, 0.3) is 0 Å². The molecule has 6 heteroatoms. The van der Waals surface area contributed by atoms with Crippen LogP contribution in [-0.4, -0.2) is 18.6 Å². The van der Waals surface area contributed by atoms with Gasteiger partial charge in [0.05, 0.1) is 12.0 Å². The third kappa shape index (κ3) is 4.63. The molecule has 0 atom stereocenters. The summed E-state index contributed by atoms with van der Waals surface area (Å²) in [5.74, 6) is -1.43. The second kappa shape index (κ2) is 5.89. The fourth-order valence-electron chi connectivity index (χ4n) is 2.17. The molecule has 1 saturated carbocycles. The maximum Gasteiger partial charge on any atom is 0.391 e. The van der Waals surface area contributed by atoms with Crippen LogP contribution in [0.25, 0.3) is 0 Å². The Bertz CT molecular complexity index is 301. The summed E-state index contributed by atoms with van der Waals surface area (Å²) in [5.41, 5.74) is 0. The van der Waals surface area contributed by atoms with Crippen LogP contribution in [0.2, 0.25) is 0 Å². The molecule has 1 rings (SSSR count). The summed E-state index contributed by atoms with van der Waals surface area (Å²) in [6.45, 7) is -0.0449. The summed E-state index contributed by atoms with van der Waals surface area (Å²) in [6, 6.07) is 1.78. The normalized spacial score (nSPS) is 25.1. The van der Waals surface area contributed by atoms with E-state index in [4.69, 9.17) is 5.26 Å². The summed E-state index contributed by atoms with van der Waals surface area (Å²) < 4.78 is 37.1. The molecule has 96 valence electrons. The predicted molar refractivity (Wildman–Crippen MR) is 54.7 cm³/mol. The van der Waals surface area contributed by atoms with Crippen molar-refractivity contribution in [3.05, 3.63) is 0 Å². The molecule has 0 saturated heterocycles. The van der Waals surface area contributed by atoms with Crippen molar-refractivity contribution in [2.75, 3.05) is 6.54 Å². The van der Waals surface area contributed by atoms with E-state index in [-0.39, 0.29) is 37.6 Å². The molecule has 0 spiro atoms. The number of carbonyl (C=O) groups is 1. The lowest BCUT2D eigenvalue weighted by Gasteiger charge is -2.29. The van der Waals surface area contributed by atoms with E-state index in [0.717, 1.165) is 0 Å². The molecule has 1 aliphatic rings. The van der Waals surface area contributed by atoms with E-state index < -0.39 is 12.1 Å². The second-order valence-corrected chi connectivity index (χ2v) is 4.40. The molecule has 1 fully saturated rings. The Morgan fingerprint density at radius 2 is 1.88 bits per heavy atom. The highest BCUT2D eigenvalue weighted by atomic mass is 19.4. The fourth-order valence-corrected chi connectivity index (χ4v) is 2.17. The molecule has 0 aromatic carbocycles. The lowest BCUT2D eigenvalue weighted by atomic mass is 9.80. The molecule has 17 heavy (non-hydrogen) atoms. The molecule has 0 bridgehead atoms. The van der Waals surface area contributed by atoms with Gasteiger partial charge < -0.3 is 5.32 Å². The number of hydrogen-bond donors (Lipinski definition) is 1. The Morgan fingerprint density at radius 3 is 2.35 bits per heavy atom. The number of halogens is 3. The summed E-state index contributed by atoms with van der Waals surface area (Å²) >= 11 is 0. The van der Waals surface area contributed by atoms with Gasteiger partial charge in [-0.25, -0.2) is 0 Å². The van der Waals surface area contributed by atoms with Crippen LogP contribution in [0.1, 0.15) is 32.1 Å². The van der Waals surface area contributed by atoms with E-state index in [2.05, 4.69) is 5.32 Å². The quantitative estimate of drug-likeness (QED) is 0.779. The van der Waals surface area contributed by atoms with Crippen LogP contribution in [0, 0.1) is 23.2 Å². The van der Waals surface area contributed by atoms with E-state index in [0.29, 0.717) is 12.8 Å². The average Bonchev–Trinajstić information content (AvgIpc) is 2.26. The van der Waals surface area contributed by atoms with Crippen LogP contribution >= 0.6 is 0 Å². The molecular formula is C11H15F3N2O. The zero-order valence-corrected chi connectivity index (χ0v) is 9.39. The maximum absolute atomic E-state index is 12.4. The van der Waals surface area contributed by atoms with Crippen LogP contribution in [0.5, 0.6) is 0 Å². The van der Waals surface area contributed by atoms with Crippen molar-refractivity contribution in [2.24, 2.45) is 11.8 Å². The summed E-state index contributed by atoms with van der Waals surface area (Å²) in [4.78, 5) is 11.3. The van der Waals surface area contributed by atoms with Crippen molar-refractivity contribution in [1.29, 1.82) is 5.26 Å². The molecule has 0 aromatic rings. The number of amides is 1.